The third-order valence-corrected chi connectivity index (χ3v) is 3.68. The molecule has 0 saturated heterocycles. The highest BCUT2D eigenvalue weighted by Crippen LogP contribution is 2.32. The van der Waals surface area contributed by atoms with Crippen molar-refractivity contribution in [2.45, 2.75) is 39.0 Å². The first-order valence-electron chi connectivity index (χ1n) is 5.92. The highest BCUT2D eigenvalue weighted by Gasteiger charge is 2.17. The fourth-order valence-corrected chi connectivity index (χ4v) is 3.03. The van der Waals surface area contributed by atoms with Crippen molar-refractivity contribution in [3.63, 3.8) is 0 Å². The number of hydrogen-bond donors (Lipinski definition) is 1. The maximum atomic E-state index is 6.26. The molecule has 0 fully saturated rings. The Bertz CT molecular complexity index is 542. The maximum Gasteiger partial charge on any atom is 0.138 e. The predicted octanol–water partition coefficient (Wildman–Crippen LogP) is 3.79. The van der Waals surface area contributed by atoms with E-state index < -0.39 is 0 Å². The zero-order valence-electron chi connectivity index (χ0n) is 9.44. The van der Waals surface area contributed by atoms with Gasteiger partial charge in [-0.3, -0.25) is 0 Å². The number of aromatic nitrogens is 2. The van der Waals surface area contributed by atoms with Gasteiger partial charge >= 0.3 is 0 Å². The van der Waals surface area contributed by atoms with Crippen molar-refractivity contribution in [1.29, 1.82) is 0 Å². The van der Waals surface area contributed by atoms with Crippen molar-refractivity contribution in [2.75, 3.05) is 0 Å². The van der Waals surface area contributed by atoms with Crippen LogP contribution in [0.25, 0.3) is 10.9 Å². The van der Waals surface area contributed by atoms with Crippen molar-refractivity contribution in [3.8, 4) is 0 Å². The van der Waals surface area contributed by atoms with Crippen LogP contribution in [0.5, 0.6) is 0 Å². The molecule has 2 aromatic heterocycles. The Morgan fingerprint density at radius 2 is 2.06 bits per heavy atom. The lowest BCUT2D eigenvalue weighted by molar-refractivity contribution is 0.708. The minimum atomic E-state index is 0.661. The molecule has 3 heteroatoms. The van der Waals surface area contributed by atoms with Crippen LogP contribution in [0.15, 0.2) is 6.07 Å². The average Bonchev–Trinajstić information content (AvgIpc) is 2.42. The number of pyridine rings is 1. The molecule has 0 spiro atoms. The van der Waals surface area contributed by atoms with Gasteiger partial charge in [0, 0.05) is 16.8 Å². The molecule has 0 saturated carbocycles. The topological polar surface area (TPSA) is 28.7 Å². The molecule has 84 valence electrons. The highest BCUT2D eigenvalue weighted by molar-refractivity contribution is 6.34. The molecule has 1 aliphatic rings. The molecule has 16 heavy (non-hydrogen) atoms. The summed E-state index contributed by atoms with van der Waals surface area (Å²) in [5.74, 6) is 0. The number of fused-ring (bicyclic) bond motifs is 3. The summed E-state index contributed by atoms with van der Waals surface area (Å²) in [4.78, 5) is 7.87. The number of nitrogens with zero attached hydrogens (tertiary/aromatic N) is 1. The van der Waals surface area contributed by atoms with Crippen molar-refractivity contribution in [3.05, 3.63) is 28.2 Å². The zero-order chi connectivity index (χ0) is 11.1. The van der Waals surface area contributed by atoms with Crippen molar-refractivity contribution in [1.82, 2.24) is 9.97 Å². The molecule has 2 heterocycles. The van der Waals surface area contributed by atoms with Crippen LogP contribution >= 0.6 is 11.6 Å². The molecular weight excluding hydrogens is 220 g/mol. The van der Waals surface area contributed by atoms with Gasteiger partial charge in [0.1, 0.15) is 5.15 Å². The summed E-state index contributed by atoms with van der Waals surface area (Å²) in [6, 6.07) is 2.09. The number of hydrogen-bond acceptors (Lipinski definition) is 1. The molecule has 1 N–H and O–H groups in total. The van der Waals surface area contributed by atoms with Gasteiger partial charge in [0.15, 0.2) is 0 Å². The first-order chi connectivity index (χ1) is 7.75. The summed E-state index contributed by atoms with van der Waals surface area (Å²) in [6.45, 7) is 1.98. The van der Waals surface area contributed by atoms with Crippen LogP contribution in [-0.2, 0) is 12.8 Å². The molecule has 0 aromatic carbocycles. The summed E-state index contributed by atoms with van der Waals surface area (Å²) in [5, 5.41) is 1.82. The van der Waals surface area contributed by atoms with Crippen LogP contribution in [0.4, 0.5) is 0 Å². The van der Waals surface area contributed by atoms with Crippen LogP contribution in [0.1, 0.15) is 36.2 Å². The predicted molar refractivity (Wildman–Crippen MR) is 67.1 cm³/mol. The lowest BCUT2D eigenvalue weighted by Crippen LogP contribution is -1.87. The number of aryl methyl sites for hydroxylation is 3. The summed E-state index contributed by atoms with van der Waals surface area (Å²) < 4.78 is 0. The van der Waals surface area contributed by atoms with E-state index in [0.717, 1.165) is 29.4 Å². The SMILES string of the molecule is Cc1cc2[nH]c3c(c2c(Cl)n1)CCCCC3. The highest BCUT2D eigenvalue weighted by atomic mass is 35.5. The Balaban J connectivity index is 2.29. The van der Waals surface area contributed by atoms with Gasteiger partial charge < -0.3 is 4.98 Å². The molecule has 0 amide bonds. The van der Waals surface area contributed by atoms with Crippen LogP contribution in [0, 0.1) is 6.92 Å². The Hall–Kier alpha value is -1.02. The quantitative estimate of drug-likeness (QED) is 0.545. The largest absolute Gasteiger partial charge is 0.358 e. The van der Waals surface area contributed by atoms with E-state index in [-0.39, 0.29) is 0 Å². The van der Waals surface area contributed by atoms with Crippen LogP contribution in [0.3, 0.4) is 0 Å². The van der Waals surface area contributed by atoms with E-state index in [1.807, 2.05) is 6.92 Å². The van der Waals surface area contributed by atoms with Gasteiger partial charge in [-0.05, 0) is 44.2 Å². The van der Waals surface area contributed by atoms with Gasteiger partial charge in [0.2, 0.25) is 0 Å². The second-order valence-electron chi connectivity index (χ2n) is 4.62. The van der Waals surface area contributed by atoms with Gasteiger partial charge in [0.05, 0.1) is 5.52 Å². The molecule has 0 unspecified atom stereocenters. The molecule has 1 aliphatic carbocycles. The summed E-state index contributed by atoms with van der Waals surface area (Å²) in [7, 11) is 0. The second kappa shape index (κ2) is 3.77. The Kier molecular flexibility index (Phi) is 2.40. The molecule has 2 aromatic rings. The number of halogens is 1. The van der Waals surface area contributed by atoms with Crippen molar-refractivity contribution < 1.29 is 0 Å². The Labute approximate surface area is 100 Å². The van der Waals surface area contributed by atoms with Crippen molar-refractivity contribution >= 4 is 22.5 Å². The third-order valence-electron chi connectivity index (χ3n) is 3.41. The Morgan fingerprint density at radius 3 is 2.94 bits per heavy atom. The van der Waals surface area contributed by atoms with E-state index in [0.29, 0.717) is 5.15 Å². The summed E-state index contributed by atoms with van der Waals surface area (Å²) in [5.41, 5.74) is 4.92. The van der Waals surface area contributed by atoms with E-state index in [2.05, 4.69) is 16.0 Å². The number of nitrogens with one attached hydrogen (secondary N) is 1. The normalized spacial score (nSPS) is 16.1. The van der Waals surface area contributed by atoms with Gasteiger partial charge in [-0.15, -0.1) is 0 Å². The lowest BCUT2D eigenvalue weighted by Gasteiger charge is -2.00. The molecule has 3 rings (SSSR count). The second-order valence-corrected chi connectivity index (χ2v) is 4.98. The van der Waals surface area contributed by atoms with Crippen LogP contribution in [-0.4, -0.2) is 9.97 Å². The molecule has 0 radical (unpaired) electrons. The minimum absolute atomic E-state index is 0.661. The molecule has 0 bridgehead atoms. The van der Waals surface area contributed by atoms with Crippen molar-refractivity contribution in [2.24, 2.45) is 0 Å². The third kappa shape index (κ3) is 1.52. The van der Waals surface area contributed by atoms with E-state index in [9.17, 15) is 0 Å². The molecule has 0 atom stereocenters. The van der Waals surface area contributed by atoms with E-state index in [4.69, 9.17) is 11.6 Å². The summed E-state index contributed by atoms with van der Waals surface area (Å²) in [6.07, 6.45) is 6.16. The molecule has 2 nitrogen and oxygen atoms in total. The fraction of sp³-hybridized carbons (Fsp3) is 0.462. The van der Waals surface area contributed by atoms with E-state index in [1.165, 1.54) is 30.5 Å². The maximum absolute atomic E-state index is 6.26. The van der Waals surface area contributed by atoms with Crippen LogP contribution in [0.2, 0.25) is 5.15 Å². The van der Waals surface area contributed by atoms with Gasteiger partial charge in [-0.25, -0.2) is 4.98 Å². The smallest absolute Gasteiger partial charge is 0.138 e. The van der Waals surface area contributed by atoms with E-state index >= 15 is 0 Å². The molecule has 0 aliphatic heterocycles. The standard InChI is InChI=1S/C13H15ClN2/c1-8-7-11-12(13(14)15-8)9-5-3-2-4-6-10(9)16-11/h7,16H,2-6H2,1H3. The minimum Gasteiger partial charge on any atom is -0.358 e. The first-order valence-corrected chi connectivity index (χ1v) is 6.30. The van der Waals surface area contributed by atoms with Gasteiger partial charge in [0.25, 0.3) is 0 Å². The first kappa shape index (κ1) is 10.2. The lowest BCUT2D eigenvalue weighted by atomic mass is 10.1. The Morgan fingerprint density at radius 1 is 1.25 bits per heavy atom. The monoisotopic (exact) mass is 234 g/mol. The van der Waals surface area contributed by atoms with E-state index in [1.54, 1.807) is 0 Å². The zero-order valence-corrected chi connectivity index (χ0v) is 10.2. The molecular formula is C13H15ClN2. The van der Waals surface area contributed by atoms with Gasteiger partial charge in [-0.2, -0.15) is 0 Å². The summed E-state index contributed by atoms with van der Waals surface area (Å²) >= 11 is 6.26. The average molecular weight is 235 g/mol. The van der Waals surface area contributed by atoms with Gasteiger partial charge in [-0.1, -0.05) is 18.0 Å². The number of aromatic amines is 1. The number of H-pyrrole nitrogens is 1. The number of rotatable bonds is 0. The van der Waals surface area contributed by atoms with Crippen LogP contribution < -0.4 is 0 Å². The fourth-order valence-electron chi connectivity index (χ4n) is 2.68.